The third-order valence-corrected chi connectivity index (χ3v) is 7.82. The van der Waals surface area contributed by atoms with Crippen LogP contribution in [0.4, 0.5) is 22.7 Å². The highest BCUT2D eigenvalue weighted by molar-refractivity contribution is 6.03. The lowest BCUT2D eigenvalue weighted by atomic mass is 9.96. The van der Waals surface area contributed by atoms with Crippen molar-refractivity contribution < 1.29 is 0 Å². The predicted molar refractivity (Wildman–Crippen MR) is 176 cm³/mol. The van der Waals surface area contributed by atoms with Gasteiger partial charge in [0.15, 0.2) is 0 Å². The van der Waals surface area contributed by atoms with E-state index in [2.05, 4.69) is 180 Å². The van der Waals surface area contributed by atoms with Gasteiger partial charge in [-0.05, 0) is 70.8 Å². The zero-order valence-electron chi connectivity index (χ0n) is 23.3. The van der Waals surface area contributed by atoms with Crippen molar-refractivity contribution in [1.82, 2.24) is 0 Å². The van der Waals surface area contributed by atoms with Crippen LogP contribution in [0.25, 0.3) is 11.1 Å². The van der Waals surface area contributed by atoms with Gasteiger partial charge in [-0.25, -0.2) is 0 Å². The van der Waals surface area contributed by atoms with Gasteiger partial charge in [0.25, 0.3) is 0 Å². The third-order valence-electron chi connectivity index (χ3n) is 7.82. The Bertz CT molecular complexity index is 1730. The second-order valence-electron chi connectivity index (χ2n) is 10.5. The van der Waals surface area contributed by atoms with E-state index in [0.29, 0.717) is 0 Å². The average Bonchev–Trinajstić information content (AvgIpc) is 3.53. The minimum atomic E-state index is 0.104. The Morgan fingerprint density at radius 3 is 1.48 bits per heavy atom. The molecule has 3 nitrogen and oxygen atoms in total. The van der Waals surface area contributed by atoms with Crippen molar-refractivity contribution in [2.24, 2.45) is 5.10 Å². The van der Waals surface area contributed by atoms with E-state index in [1.165, 1.54) is 16.7 Å². The van der Waals surface area contributed by atoms with Crippen LogP contribution in [0.3, 0.4) is 0 Å². The van der Waals surface area contributed by atoms with Gasteiger partial charge in [-0.2, -0.15) is 5.10 Å². The first kappa shape index (κ1) is 25.6. The van der Waals surface area contributed by atoms with Crippen LogP contribution in [0.15, 0.2) is 175 Å². The Balaban J connectivity index is 1.21. The Kier molecular flexibility index (Phi) is 7.06. The van der Waals surface area contributed by atoms with E-state index < -0.39 is 0 Å². The van der Waals surface area contributed by atoms with Crippen LogP contribution in [0.5, 0.6) is 0 Å². The highest BCUT2D eigenvalue weighted by Gasteiger charge is 2.30. The fourth-order valence-electron chi connectivity index (χ4n) is 5.70. The summed E-state index contributed by atoms with van der Waals surface area (Å²) in [6.07, 6.45) is 0.833. The highest BCUT2D eigenvalue weighted by atomic mass is 15.5. The lowest BCUT2D eigenvalue weighted by Crippen LogP contribution is -2.18. The molecule has 3 heteroatoms. The average molecular weight is 542 g/mol. The number of rotatable bonds is 7. The van der Waals surface area contributed by atoms with Gasteiger partial charge in [0.2, 0.25) is 0 Å². The third kappa shape index (κ3) is 5.21. The number of hydrogen-bond acceptors (Lipinski definition) is 3. The minimum absolute atomic E-state index is 0.104. The molecule has 1 aliphatic rings. The summed E-state index contributed by atoms with van der Waals surface area (Å²) in [6, 6.07) is 59.9. The molecular weight excluding hydrogens is 510 g/mol. The maximum atomic E-state index is 5.18. The van der Waals surface area contributed by atoms with Crippen LogP contribution >= 0.6 is 0 Å². The van der Waals surface area contributed by atoms with Crippen LogP contribution in [0.1, 0.15) is 23.6 Å². The number of para-hydroxylation sites is 3. The first-order valence-electron chi connectivity index (χ1n) is 14.4. The van der Waals surface area contributed by atoms with Crippen LogP contribution in [0, 0.1) is 0 Å². The largest absolute Gasteiger partial charge is 0.311 e. The van der Waals surface area contributed by atoms with Crippen molar-refractivity contribution in [3.8, 4) is 11.1 Å². The summed E-state index contributed by atoms with van der Waals surface area (Å²) >= 11 is 0. The number of nitrogens with zero attached hydrogens (tertiary/aromatic N) is 3. The number of anilines is 4. The Morgan fingerprint density at radius 1 is 0.452 bits per heavy atom. The SMILES string of the molecule is c1ccc(-c2ccc(C3=NN(c4ccccc4)C(c4ccc(N(c5ccccc5)c5ccccc5)cc4)C3)cc2)cc1. The van der Waals surface area contributed by atoms with Gasteiger partial charge in [-0.3, -0.25) is 5.01 Å². The fourth-order valence-corrected chi connectivity index (χ4v) is 5.70. The van der Waals surface area contributed by atoms with Crippen molar-refractivity contribution >= 4 is 28.5 Å². The van der Waals surface area contributed by atoms with Crippen molar-refractivity contribution in [3.05, 3.63) is 181 Å². The van der Waals surface area contributed by atoms with Gasteiger partial charge in [0, 0.05) is 23.5 Å². The molecule has 0 aromatic heterocycles. The van der Waals surface area contributed by atoms with E-state index in [1.54, 1.807) is 0 Å². The van der Waals surface area contributed by atoms with Gasteiger partial charge >= 0.3 is 0 Å². The molecule has 7 rings (SSSR count). The van der Waals surface area contributed by atoms with Gasteiger partial charge in [-0.15, -0.1) is 0 Å². The lowest BCUT2D eigenvalue weighted by Gasteiger charge is -2.27. The quantitative estimate of drug-likeness (QED) is 0.200. The van der Waals surface area contributed by atoms with Crippen molar-refractivity contribution in [2.45, 2.75) is 12.5 Å². The number of hydrazone groups is 1. The van der Waals surface area contributed by atoms with Crippen LogP contribution in [0.2, 0.25) is 0 Å². The molecule has 0 saturated heterocycles. The van der Waals surface area contributed by atoms with E-state index in [0.717, 1.165) is 40.4 Å². The molecule has 0 N–H and O–H groups in total. The summed E-state index contributed by atoms with van der Waals surface area (Å²) < 4.78 is 0. The van der Waals surface area contributed by atoms with E-state index in [9.17, 15) is 0 Å². The highest BCUT2D eigenvalue weighted by Crippen LogP contribution is 2.39. The molecule has 0 amide bonds. The molecule has 0 aliphatic carbocycles. The van der Waals surface area contributed by atoms with E-state index in [-0.39, 0.29) is 6.04 Å². The Hall–Kier alpha value is -5.41. The smallest absolute Gasteiger partial charge is 0.0831 e. The number of benzene rings is 6. The molecule has 0 saturated carbocycles. The molecular formula is C39H31N3. The molecule has 1 atom stereocenters. The monoisotopic (exact) mass is 541 g/mol. The summed E-state index contributed by atoms with van der Waals surface area (Å²) in [5.41, 5.74) is 10.4. The van der Waals surface area contributed by atoms with Crippen molar-refractivity contribution in [2.75, 3.05) is 9.91 Å². The Morgan fingerprint density at radius 2 is 0.905 bits per heavy atom. The minimum Gasteiger partial charge on any atom is -0.311 e. The van der Waals surface area contributed by atoms with E-state index >= 15 is 0 Å². The topological polar surface area (TPSA) is 18.8 Å². The molecule has 42 heavy (non-hydrogen) atoms. The molecule has 6 aromatic rings. The van der Waals surface area contributed by atoms with Gasteiger partial charge in [-0.1, -0.05) is 121 Å². The van der Waals surface area contributed by atoms with E-state index in [1.807, 2.05) is 0 Å². The predicted octanol–water partition coefficient (Wildman–Crippen LogP) is 10.2. The van der Waals surface area contributed by atoms with Crippen LogP contribution in [-0.2, 0) is 0 Å². The van der Waals surface area contributed by atoms with Crippen molar-refractivity contribution in [1.29, 1.82) is 0 Å². The summed E-state index contributed by atoms with van der Waals surface area (Å²) in [5.74, 6) is 0. The van der Waals surface area contributed by atoms with E-state index in [4.69, 9.17) is 5.10 Å². The summed E-state index contributed by atoms with van der Waals surface area (Å²) in [5, 5.41) is 7.36. The van der Waals surface area contributed by atoms with Gasteiger partial charge in [0.1, 0.15) is 0 Å². The van der Waals surface area contributed by atoms with Crippen LogP contribution < -0.4 is 9.91 Å². The van der Waals surface area contributed by atoms with Gasteiger partial charge in [0.05, 0.1) is 17.4 Å². The normalized spacial score (nSPS) is 14.4. The second kappa shape index (κ2) is 11.6. The summed E-state index contributed by atoms with van der Waals surface area (Å²) in [6.45, 7) is 0. The van der Waals surface area contributed by atoms with Crippen LogP contribution in [-0.4, -0.2) is 5.71 Å². The lowest BCUT2D eigenvalue weighted by molar-refractivity contribution is 0.709. The first-order chi connectivity index (χ1) is 20.8. The molecule has 0 fully saturated rings. The standard InChI is InChI=1S/C39H31N3/c1-5-13-30(14-6-1)31-21-23-32(24-22-31)38-29-39(42(40-38)37-19-11-4-12-20-37)33-25-27-36(28-26-33)41(34-15-7-2-8-16-34)35-17-9-3-10-18-35/h1-28,39H,29H2. The summed E-state index contributed by atoms with van der Waals surface area (Å²) in [7, 11) is 0. The first-order valence-corrected chi connectivity index (χ1v) is 14.4. The molecule has 202 valence electrons. The molecule has 6 aromatic carbocycles. The molecule has 1 unspecified atom stereocenters. The zero-order chi connectivity index (χ0) is 28.1. The van der Waals surface area contributed by atoms with Crippen molar-refractivity contribution in [3.63, 3.8) is 0 Å². The molecule has 1 heterocycles. The summed E-state index contributed by atoms with van der Waals surface area (Å²) in [4.78, 5) is 2.30. The number of hydrogen-bond donors (Lipinski definition) is 0. The molecule has 1 aliphatic heterocycles. The molecule has 0 spiro atoms. The fraction of sp³-hybridized carbons (Fsp3) is 0.0513. The maximum Gasteiger partial charge on any atom is 0.0831 e. The molecule has 0 radical (unpaired) electrons. The molecule has 0 bridgehead atoms. The maximum absolute atomic E-state index is 5.18. The second-order valence-corrected chi connectivity index (χ2v) is 10.5. The Labute approximate surface area is 247 Å². The zero-order valence-corrected chi connectivity index (χ0v) is 23.3. The van der Waals surface area contributed by atoms with Gasteiger partial charge < -0.3 is 4.90 Å².